The molecule has 2 aromatic carbocycles. The van der Waals surface area contributed by atoms with Gasteiger partial charge < -0.3 is 9.47 Å². The highest BCUT2D eigenvalue weighted by atomic mass is 16.5. The van der Waals surface area contributed by atoms with Crippen molar-refractivity contribution in [2.24, 2.45) is 0 Å². The molecule has 1 aromatic heterocycles. The van der Waals surface area contributed by atoms with Crippen LogP contribution in [0.25, 0.3) is 11.4 Å². The molecular formula is C19H20N4O3. The number of aromatic nitrogens is 3. The molecule has 1 atom stereocenters. The van der Waals surface area contributed by atoms with Crippen molar-refractivity contribution in [1.29, 1.82) is 0 Å². The first-order valence-corrected chi connectivity index (χ1v) is 8.19. The van der Waals surface area contributed by atoms with Gasteiger partial charge in [-0.25, -0.2) is 0 Å². The number of H-pyrrole nitrogens is 1. The second-order valence-corrected chi connectivity index (χ2v) is 5.64. The highest BCUT2D eigenvalue weighted by Gasteiger charge is 2.17. The lowest BCUT2D eigenvalue weighted by molar-refractivity contribution is -0.127. The number of benzene rings is 2. The highest BCUT2D eigenvalue weighted by Crippen LogP contribution is 2.27. The molecule has 0 unspecified atom stereocenters. The Morgan fingerprint density at radius 3 is 2.65 bits per heavy atom. The molecule has 1 heterocycles. The summed E-state index contributed by atoms with van der Waals surface area (Å²) < 4.78 is 10.9. The van der Waals surface area contributed by atoms with Crippen molar-refractivity contribution < 1.29 is 14.3 Å². The van der Waals surface area contributed by atoms with Crippen molar-refractivity contribution in [2.45, 2.75) is 19.6 Å². The summed E-state index contributed by atoms with van der Waals surface area (Å²) in [5.41, 5.74) is 1.76. The van der Waals surface area contributed by atoms with Crippen molar-refractivity contribution in [3.05, 3.63) is 60.2 Å². The predicted octanol–water partition coefficient (Wildman–Crippen LogP) is 3.02. The zero-order chi connectivity index (χ0) is 18.4. The van der Waals surface area contributed by atoms with Gasteiger partial charge in [0.2, 0.25) is 5.95 Å². The molecule has 26 heavy (non-hydrogen) atoms. The normalized spacial score (nSPS) is 11.8. The van der Waals surface area contributed by atoms with E-state index in [0.717, 1.165) is 11.1 Å². The molecule has 134 valence electrons. The number of carbonyl (C=O) groups is 1. The Bertz CT molecular complexity index is 864. The van der Waals surface area contributed by atoms with Crippen LogP contribution in [0.4, 0.5) is 5.95 Å². The first-order valence-electron chi connectivity index (χ1n) is 8.19. The van der Waals surface area contributed by atoms with Gasteiger partial charge in [0, 0.05) is 0 Å². The maximum absolute atomic E-state index is 12.2. The van der Waals surface area contributed by atoms with Gasteiger partial charge in [-0.3, -0.25) is 15.2 Å². The van der Waals surface area contributed by atoms with Gasteiger partial charge in [-0.2, -0.15) is 4.98 Å². The maximum Gasteiger partial charge on any atom is 0.255 e. The number of hydrogen-bond acceptors (Lipinski definition) is 5. The molecule has 0 bridgehead atoms. The largest absolute Gasteiger partial charge is 0.496 e. The Kier molecular flexibility index (Phi) is 5.60. The number of para-hydroxylation sites is 1. The van der Waals surface area contributed by atoms with Gasteiger partial charge in [0.05, 0.1) is 19.3 Å². The third kappa shape index (κ3) is 4.25. The van der Waals surface area contributed by atoms with Crippen molar-refractivity contribution in [3.63, 3.8) is 0 Å². The molecule has 0 saturated carbocycles. The van der Waals surface area contributed by atoms with Gasteiger partial charge in [-0.1, -0.05) is 42.5 Å². The van der Waals surface area contributed by atoms with E-state index in [1.54, 1.807) is 14.0 Å². The Morgan fingerprint density at radius 1 is 1.15 bits per heavy atom. The van der Waals surface area contributed by atoms with Gasteiger partial charge in [0.25, 0.3) is 5.91 Å². The van der Waals surface area contributed by atoms with Crippen molar-refractivity contribution >= 4 is 11.9 Å². The van der Waals surface area contributed by atoms with Gasteiger partial charge in [0.1, 0.15) is 11.9 Å². The van der Waals surface area contributed by atoms with E-state index in [4.69, 9.17) is 9.47 Å². The number of nitrogens with one attached hydrogen (secondary N) is 2. The first kappa shape index (κ1) is 17.6. The number of hydrogen-bond donors (Lipinski definition) is 2. The SMILES string of the molecule is COc1ccccc1-c1nc(NC(=O)[C@H](C)OCc2ccccc2)n[nH]1. The fourth-order valence-corrected chi connectivity index (χ4v) is 2.36. The Balaban J connectivity index is 1.60. The van der Waals surface area contributed by atoms with E-state index in [0.29, 0.717) is 18.2 Å². The summed E-state index contributed by atoms with van der Waals surface area (Å²) in [6.45, 7) is 2.04. The average molecular weight is 352 g/mol. The van der Waals surface area contributed by atoms with E-state index < -0.39 is 6.10 Å². The molecule has 0 saturated heterocycles. The van der Waals surface area contributed by atoms with Crippen LogP contribution in [0.1, 0.15) is 12.5 Å². The number of carbonyl (C=O) groups excluding carboxylic acids is 1. The van der Waals surface area contributed by atoms with Crippen LogP contribution in [0.5, 0.6) is 5.75 Å². The number of methoxy groups -OCH3 is 1. The quantitative estimate of drug-likeness (QED) is 0.682. The fourth-order valence-electron chi connectivity index (χ4n) is 2.36. The Morgan fingerprint density at radius 2 is 1.88 bits per heavy atom. The van der Waals surface area contributed by atoms with Crippen LogP contribution in [0.2, 0.25) is 0 Å². The van der Waals surface area contributed by atoms with E-state index >= 15 is 0 Å². The summed E-state index contributed by atoms with van der Waals surface area (Å²) in [6, 6.07) is 17.1. The number of rotatable bonds is 7. The molecule has 0 fully saturated rings. The summed E-state index contributed by atoms with van der Waals surface area (Å²) >= 11 is 0. The van der Waals surface area contributed by atoms with Gasteiger partial charge in [-0.15, -0.1) is 5.10 Å². The lowest BCUT2D eigenvalue weighted by atomic mass is 10.2. The van der Waals surface area contributed by atoms with Crippen molar-refractivity contribution in [1.82, 2.24) is 15.2 Å². The molecule has 0 aliphatic carbocycles. The summed E-state index contributed by atoms with van der Waals surface area (Å²) in [5.74, 6) is 1.05. The number of aromatic amines is 1. The molecule has 2 N–H and O–H groups in total. The third-order valence-corrected chi connectivity index (χ3v) is 3.79. The zero-order valence-corrected chi connectivity index (χ0v) is 14.6. The van der Waals surface area contributed by atoms with Crippen LogP contribution < -0.4 is 10.1 Å². The van der Waals surface area contributed by atoms with Crippen LogP contribution in [0, 0.1) is 0 Å². The minimum absolute atomic E-state index is 0.186. The van der Waals surface area contributed by atoms with Crippen LogP contribution in [-0.2, 0) is 16.1 Å². The molecule has 7 nitrogen and oxygen atoms in total. The summed E-state index contributed by atoms with van der Waals surface area (Å²) in [5, 5.41) is 9.48. The Labute approximate surface area is 151 Å². The number of ether oxygens (including phenoxy) is 2. The monoisotopic (exact) mass is 352 g/mol. The predicted molar refractivity (Wildman–Crippen MR) is 97.7 cm³/mol. The van der Waals surface area contributed by atoms with Crippen LogP contribution in [0.15, 0.2) is 54.6 Å². The molecule has 1 amide bonds. The lowest BCUT2D eigenvalue weighted by Gasteiger charge is -2.11. The van der Waals surface area contributed by atoms with E-state index in [9.17, 15) is 4.79 Å². The number of nitrogens with zero attached hydrogens (tertiary/aromatic N) is 2. The molecule has 0 spiro atoms. The number of anilines is 1. The van der Waals surface area contributed by atoms with E-state index in [1.165, 1.54) is 0 Å². The smallest absolute Gasteiger partial charge is 0.255 e. The van der Waals surface area contributed by atoms with E-state index in [2.05, 4.69) is 20.5 Å². The minimum Gasteiger partial charge on any atom is -0.496 e. The second-order valence-electron chi connectivity index (χ2n) is 5.64. The molecule has 0 radical (unpaired) electrons. The molecule has 0 aliphatic heterocycles. The molecular weight excluding hydrogens is 332 g/mol. The minimum atomic E-state index is -0.636. The van der Waals surface area contributed by atoms with E-state index in [1.807, 2.05) is 54.6 Å². The van der Waals surface area contributed by atoms with Crippen molar-refractivity contribution in [2.75, 3.05) is 12.4 Å². The molecule has 3 rings (SSSR count). The summed E-state index contributed by atoms with van der Waals surface area (Å²) in [6.07, 6.45) is -0.636. The third-order valence-electron chi connectivity index (χ3n) is 3.79. The summed E-state index contributed by atoms with van der Waals surface area (Å²) in [7, 11) is 1.59. The summed E-state index contributed by atoms with van der Waals surface area (Å²) in [4.78, 5) is 16.5. The average Bonchev–Trinajstić information content (AvgIpc) is 3.15. The molecule has 0 aliphatic rings. The van der Waals surface area contributed by atoms with Crippen LogP contribution in [-0.4, -0.2) is 34.3 Å². The maximum atomic E-state index is 12.2. The zero-order valence-electron chi connectivity index (χ0n) is 14.6. The topological polar surface area (TPSA) is 89.1 Å². The molecule has 3 aromatic rings. The van der Waals surface area contributed by atoms with Gasteiger partial charge in [0.15, 0.2) is 5.82 Å². The first-order chi connectivity index (χ1) is 12.7. The van der Waals surface area contributed by atoms with Crippen molar-refractivity contribution in [3.8, 4) is 17.1 Å². The van der Waals surface area contributed by atoms with Gasteiger partial charge in [-0.05, 0) is 24.6 Å². The molecule has 7 heteroatoms. The van der Waals surface area contributed by atoms with Crippen LogP contribution >= 0.6 is 0 Å². The standard InChI is InChI=1S/C19H20N4O3/c1-13(26-12-14-8-4-3-5-9-14)18(24)21-19-20-17(22-23-19)15-10-6-7-11-16(15)25-2/h3-11,13H,12H2,1-2H3,(H2,20,21,22,23,24)/t13-/m0/s1. The Hall–Kier alpha value is -3.19. The van der Waals surface area contributed by atoms with Crippen LogP contribution in [0.3, 0.4) is 0 Å². The highest BCUT2D eigenvalue weighted by molar-refractivity contribution is 5.92. The lowest BCUT2D eigenvalue weighted by Crippen LogP contribution is -2.28. The van der Waals surface area contributed by atoms with Gasteiger partial charge >= 0.3 is 0 Å². The fraction of sp³-hybridized carbons (Fsp3) is 0.211. The number of amides is 1. The second kappa shape index (κ2) is 8.26. The van der Waals surface area contributed by atoms with E-state index in [-0.39, 0.29) is 11.9 Å².